The number of rotatable bonds is 4. The quantitative estimate of drug-likeness (QED) is 0.580. The molecule has 6 nitrogen and oxygen atoms in total. The van der Waals surface area contributed by atoms with Crippen molar-refractivity contribution in [3.05, 3.63) is 57.9 Å². The molecule has 0 atom stereocenters. The lowest BCUT2D eigenvalue weighted by molar-refractivity contribution is 0.0827. The molecule has 9 heteroatoms. The van der Waals surface area contributed by atoms with Crippen LogP contribution in [-0.2, 0) is 0 Å². The first-order valence-corrected chi connectivity index (χ1v) is 10.1. The topological polar surface area (TPSA) is 70.7 Å². The van der Waals surface area contributed by atoms with E-state index in [-0.39, 0.29) is 11.0 Å². The van der Waals surface area contributed by atoms with Gasteiger partial charge in [0, 0.05) is 35.4 Å². The van der Waals surface area contributed by atoms with E-state index in [0.29, 0.717) is 26.9 Å². The van der Waals surface area contributed by atoms with Gasteiger partial charge in [0.25, 0.3) is 11.8 Å². The first kappa shape index (κ1) is 21.0. The molecular weight excluding hydrogens is 430 g/mol. The van der Waals surface area contributed by atoms with Crippen molar-refractivity contribution in [1.29, 1.82) is 0 Å². The highest BCUT2D eigenvalue weighted by atomic mass is 35.5. The molecule has 1 heterocycles. The minimum Gasteiger partial charge on any atom is -0.497 e. The number of halogens is 1. The summed E-state index contributed by atoms with van der Waals surface area (Å²) >= 11 is 12.9. The summed E-state index contributed by atoms with van der Waals surface area (Å²) in [6.07, 6.45) is 0. The van der Waals surface area contributed by atoms with E-state index in [0.717, 1.165) is 10.1 Å². The van der Waals surface area contributed by atoms with Crippen LogP contribution in [0.15, 0.2) is 42.5 Å². The van der Waals surface area contributed by atoms with Gasteiger partial charge in [-0.1, -0.05) is 11.6 Å². The molecule has 0 saturated heterocycles. The minimum absolute atomic E-state index is 0.0940. The van der Waals surface area contributed by atoms with Crippen LogP contribution in [0, 0.1) is 0 Å². The average molecular weight is 448 g/mol. The molecule has 3 aromatic rings. The number of thiocarbonyl (C=S) groups is 1. The zero-order valence-electron chi connectivity index (χ0n) is 15.9. The molecule has 29 heavy (non-hydrogen) atoms. The van der Waals surface area contributed by atoms with Crippen LogP contribution in [0.3, 0.4) is 0 Å². The van der Waals surface area contributed by atoms with Gasteiger partial charge in [0.2, 0.25) is 0 Å². The van der Waals surface area contributed by atoms with Crippen molar-refractivity contribution >= 4 is 67.9 Å². The molecule has 2 N–H and O–H groups in total. The molecule has 3 rings (SSSR count). The molecule has 150 valence electrons. The van der Waals surface area contributed by atoms with Crippen molar-refractivity contribution in [2.24, 2.45) is 0 Å². The predicted molar refractivity (Wildman–Crippen MR) is 122 cm³/mol. The molecule has 0 unspecified atom stereocenters. The number of nitrogens with one attached hydrogen (secondary N) is 2. The molecule has 0 radical (unpaired) electrons. The zero-order chi connectivity index (χ0) is 21.1. The van der Waals surface area contributed by atoms with E-state index in [1.165, 1.54) is 16.2 Å². The number of hydrogen-bond donors (Lipinski definition) is 2. The number of carbonyl (C=O) groups excluding carboxylic acids is 2. The zero-order valence-corrected chi connectivity index (χ0v) is 18.3. The molecule has 0 bridgehead atoms. The van der Waals surface area contributed by atoms with Crippen LogP contribution in [0.25, 0.3) is 10.1 Å². The molecule has 2 aromatic carbocycles. The number of fused-ring (bicyclic) bond motifs is 1. The van der Waals surface area contributed by atoms with Crippen LogP contribution in [0.2, 0.25) is 5.02 Å². The van der Waals surface area contributed by atoms with Gasteiger partial charge < -0.3 is 15.0 Å². The fourth-order valence-corrected chi connectivity index (χ4v) is 4.25. The summed E-state index contributed by atoms with van der Waals surface area (Å²) in [5.74, 6) is 0.200. The molecule has 0 spiro atoms. The Bertz CT molecular complexity index is 1090. The molecule has 0 aliphatic carbocycles. The van der Waals surface area contributed by atoms with Gasteiger partial charge in [-0.3, -0.25) is 14.9 Å². The highest BCUT2D eigenvalue weighted by molar-refractivity contribution is 7.80. The second kappa shape index (κ2) is 8.77. The van der Waals surface area contributed by atoms with E-state index in [1.807, 2.05) is 12.1 Å². The van der Waals surface area contributed by atoms with Crippen molar-refractivity contribution in [3.8, 4) is 5.75 Å². The number of carbonyl (C=O) groups is 2. The van der Waals surface area contributed by atoms with Crippen LogP contribution in [0.5, 0.6) is 5.75 Å². The van der Waals surface area contributed by atoms with E-state index in [4.69, 9.17) is 28.6 Å². The molecule has 0 fully saturated rings. The maximum absolute atomic E-state index is 12.6. The Labute approximate surface area is 182 Å². The Kier molecular flexibility index (Phi) is 6.36. The van der Waals surface area contributed by atoms with E-state index in [1.54, 1.807) is 51.5 Å². The molecule has 0 saturated carbocycles. The lowest BCUT2D eigenvalue weighted by atomic mass is 10.2. The van der Waals surface area contributed by atoms with Gasteiger partial charge in [0.05, 0.1) is 12.1 Å². The summed E-state index contributed by atoms with van der Waals surface area (Å²) in [6.45, 7) is 0. The Morgan fingerprint density at radius 2 is 1.83 bits per heavy atom. The second-order valence-electron chi connectivity index (χ2n) is 6.29. The number of amides is 2. The lowest BCUT2D eigenvalue weighted by Crippen LogP contribution is -2.33. The van der Waals surface area contributed by atoms with Gasteiger partial charge in [0.1, 0.15) is 10.6 Å². The second-order valence-corrected chi connectivity index (χ2v) is 8.13. The molecule has 2 amide bonds. The molecule has 0 aliphatic heterocycles. The third-order valence-corrected chi connectivity index (χ3v) is 5.93. The maximum Gasteiger partial charge on any atom is 0.269 e. The van der Waals surface area contributed by atoms with Gasteiger partial charge in [-0.15, -0.1) is 11.3 Å². The Balaban J connectivity index is 1.69. The lowest BCUT2D eigenvalue weighted by Gasteiger charge is -2.12. The predicted octanol–water partition coefficient (Wildman–Crippen LogP) is 4.39. The highest BCUT2D eigenvalue weighted by Gasteiger charge is 2.18. The summed E-state index contributed by atoms with van der Waals surface area (Å²) in [5, 5.41) is 6.84. The van der Waals surface area contributed by atoms with Crippen molar-refractivity contribution in [1.82, 2.24) is 10.2 Å². The van der Waals surface area contributed by atoms with Gasteiger partial charge in [-0.05, 0) is 54.7 Å². The van der Waals surface area contributed by atoms with E-state index in [9.17, 15) is 9.59 Å². The maximum atomic E-state index is 12.6. The van der Waals surface area contributed by atoms with Crippen molar-refractivity contribution < 1.29 is 14.3 Å². The number of methoxy groups -OCH3 is 1. The average Bonchev–Trinajstić information content (AvgIpc) is 3.03. The number of hydrogen-bond acceptors (Lipinski definition) is 5. The summed E-state index contributed by atoms with van der Waals surface area (Å²) in [4.78, 5) is 26.4. The first-order valence-electron chi connectivity index (χ1n) is 8.50. The molecular formula is C20H18ClN3O3S2. The van der Waals surface area contributed by atoms with Crippen LogP contribution >= 0.6 is 35.2 Å². The van der Waals surface area contributed by atoms with Crippen LogP contribution in [0.4, 0.5) is 5.69 Å². The fraction of sp³-hybridized carbons (Fsp3) is 0.150. The van der Waals surface area contributed by atoms with Crippen molar-refractivity contribution in [2.45, 2.75) is 0 Å². The number of anilines is 1. The Hall–Kier alpha value is -2.68. The third-order valence-electron chi connectivity index (χ3n) is 4.07. The van der Waals surface area contributed by atoms with E-state index < -0.39 is 5.91 Å². The first-order chi connectivity index (χ1) is 13.8. The third kappa shape index (κ3) is 4.67. The standard InChI is InChI=1S/C20H18ClN3O3S2/c1-24(2)19(26)11-4-6-12(7-5-11)22-20(28)23-18(25)17-16(21)14-9-8-13(27-3)10-15(14)29-17/h4-10H,1-3H3,(H2,22,23,25,28). The number of thiophene rings is 1. The fourth-order valence-electron chi connectivity index (χ4n) is 2.60. The number of ether oxygens (including phenoxy) is 1. The number of nitrogens with zero attached hydrogens (tertiary/aromatic N) is 1. The highest BCUT2D eigenvalue weighted by Crippen LogP contribution is 2.37. The minimum atomic E-state index is -0.396. The van der Waals surface area contributed by atoms with Crippen molar-refractivity contribution in [3.63, 3.8) is 0 Å². The smallest absolute Gasteiger partial charge is 0.269 e. The summed E-state index contributed by atoms with van der Waals surface area (Å²) in [7, 11) is 4.96. The summed E-state index contributed by atoms with van der Waals surface area (Å²) < 4.78 is 6.05. The normalized spacial score (nSPS) is 10.5. The Morgan fingerprint density at radius 1 is 1.14 bits per heavy atom. The Morgan fingerprint density at radius 3 is 2.45 bits per heavy atom. The molecule has 1 aromatic heterocycles. The molecule has 0 aliphatic rings. The monoisotopic (exact) mass is 447 g/mol. The largest absolute Gasteiger partial charge is 0.497 e. The SMILES string of the molecule is COc1ccc2c(Cl)c(C(=O)NC(=S)Nc3ccc(C(=O)N(C)C)cc3)sc2c1. The van der Waals surface area contributed by atoms with E-state index in [2.05, 4.69) is 10.6 Å². The van der Waals surface area contributed by atoms with E-state index >= 15 is 0 Å². The van der Waals surface area contributed by atoms with Gasteiger partial charge in [-0.25, -0.2) is 0 Å². The summed E-state index contributed by atoms with van der Waals surface area (Å²) in [6, 6.07) is 12.2. The van der Waals surface area contributed by atoms with Gasteiger partial charge >= 0.3 is 0 Å². The summed E-state index contributed by atoms with van der Waals surface area (Å²) in [5.41, 5.74) is 1.21. The van der Waals surface area contributed by atoms with Crippen LogP contribution in [-0.4, -0.2) is 43.0 Å². The van der Waals surface area contributed by atoms with Gasteiger partial charge in [-0.2, -0.15) is 0 Å². The van der Waals surface area contributed by atoms with Crippen molar-refractivity contribution in [2.75, 3.05) is 26.5 Å². The van der Waals surface area contributed by atoms with Crippen LogP contribution in [0.1, 0.15) is 20.0 Å². The van der Waals surface area contributed by atoms with Gasteiger partial charge in [0.15, 0.2) is 5.11 Å². The number of benzene rings is 2. The van der Waals surface area contributed by atoms with Crippen LogP contribution < -0.4 is 15.4 Å².